The highest BCUT2D eigenvalue weighted by Crippen LogP contribution is 2.35. The van der Waals surface area contributed by atoms with Gasteiger partial charge in [0.05, 0.1) is 12.2 Å². The third-order valence-corrected chi connectivity index (χ3v) is 7.33. The van der Waals surface area contributed by atoms with Gasteiger partial charge in [-0.05, 0) is 61.8 Å². The summed E-state index contributed by atoms with van der Waals surface area (Å²) in [6.45, 7) is 6.43. The van der Waals surface area contributed by atoms with Crippen LogP contribution in [0.2, 0.25) is 0 Å². The van der Waals surface area contributed by atoms with E-state index in [9.17, 15) is 9.59 Å². The minimum absolute atomic E-state index is 0. The van der Waals surface area contributed by atoms with E-state index in [4.69, 9.17) is 4.98 Å². The summed E-state index contributed by atoms with van der Waals surface area (Å²) in [7, 11) is 0. The number of nitrogens with one attached hydrogen (secondary N) is 2. The molecule has 2 unspecified atom stereocenters. The van der Waals surface area contributed by atoms with Crippen molar-refractivity contribution in [1.82, 2.24) is 24.6 Å². The smallest absolute Gasteiger partial charge is 0.326 e. The fourth-order valence-electron chi connectivity index (χ4n) is 4.87. The van der Waals surface area contributed by atoms with Crippen LogP contribution >= 0.6 is 11.5 Å². The molecule has 3 amide bonds. The number of carbonyl (C=O) groups is 2. The van der Waals surface area contributed by atoms with Crippen LogP contribution in [-0.2, 0) is 17.9 Å². The van der Waals surface area contributed by atoms with Crippen LogP contribution in [0.4, 0.5) is 21.6 Å². The highest BCUT2D eigenvalue weighted by Gasteiger charge is 2.39. The molecule has 2 aromatic heterocycles. The van der Waals surface area contributed by atoms with Crippen molar-refractivity contribution >= 4 is 40.2 Å². The van der Waals surface area contributed by atoms with Crippen LogP contribution in [0.5, 0.6) is 0 Å². The van der Waals surface area contributed by atoms with E-state index in [1.54, 1.807) is 6.20 Å². The summed E-state index contributed by atoms with van der Waals surface area (Å²) in [6, 6.07) is 11.7. The van der Waals surface area contributed by atoms with E-state index in [0.717, 1.165) is 41.1 Å². The van der Waals surface area contributed by atoms with Gasteiger partial charge < -0.3 is 15.5 Å². The molecular formula is C26H33N7O2S. The van der Waals surface area contributed by atoms with Gasteiger partial charge in [-0.25, -0.2) is 9.78 Å². The van der Waals surface area contributed by atoms with Crippen LogP contribution in [0.3, 0.4) is 0 Å². The number of urea groups is 1. The van der Waals surface area contributed by atoms with E-state index < -0.39 is 0 Å². The monoisotopic (exact) mass is 507 g/mol. The molecule has 190 valence electrons. The molecule has 36 heavy (non-hydrogen) atoms. The lowest BCUT2D eigenvalue weighted by Gasteiger charge is -2.43. The first-order valence-corrected chi connectivity index (χ1v) is 12.9. The number of fused-ring (bicyclic) bond motifs is 1. The maximum atomic E-state index is 13.9. The van der Waals surface area contributed by atoms with Crippen LogP contribution in [-0.4, -0.2) is 43.3 Å². The van der Waals surface area contributed by atoms with Crippen molar-refractivity contribution < 1.29 is 12.4 Å². The highest BCUT2D eigenvalue weighted by molar-refractivity contribution is 7.10. The van der Waals surface area contributed by atoms with E-state index >= 15 is 0 Å². The van der Waals surface area contributed by atoms with Crippen LogP contribution in [0, 0.1) is 6.92 Å². The Balaban J connectivity index is 0.00000200. The van der Waals surface area contributed by atoms with Gasteiger partial charge in [0.15, 0.2) is 0 Å². The number of amides is 3. The number of benzene rings is 1. The number of aryl methyl sites for hydroxylation is 1. The van der Waals surface area contributed by atoms with Gasteiger partial charge in [0.25, 0.3) is 0 Å². The van der Waals surface area contributed by atoms with Gasteiger partial charge in [-0.15, -0.1) is 0 Å². The van der Waals surface area contributed by atoms with Crippen molar-refractivity contribution in [3.63, 3.8) is 0 Å². The molecule has 3 heterocycles. The molecule has 5 rings (SSSR count). The summed E-state index contributed by atoms with van der Waals surface area (Å²) in [5, 5.41) is 7.08. The zero-order valence-electron chi connectivity index (χ0n) is 20.2. The standard InChI is InChI=1S/C26H29N7O2S.2H2/c1-3-22(34)28-20-10-7-11-21(13-20)33-24-19(14-27-25(30-24)29-23-12-17(2)31-36-23)16-32(26(33)35)15-18-8-5-4-6-9-18;;/h3-6,8-9,12,14,20-21H,1,7,10-11,13,15-16H2,2H3,(H,28,34)(H,27,29,30);2*1H. The van der Waals surface area contributed by atoms with E-state index in [-0.39, 0.29) is 26.9 Å². The second-order valence-corrected chi connectivity index (χ2v) is 10.0. The predicted octanol–water partition coefficient (Wildman–Crippen LogP) is 5.03. The van der Waals surface area contributed by atoms with E-state index in [0.29, 0.717) is 31.3 Å². The SMILES string of the molecule is C=CC(=O)NC1CCCC(N2C(=O)N(Cc3ccccc3)Cc3cnc(Nc4cc(C)ns4)nc32)C1.[HH].[HH]. The van der Waals surface area contributed by atoms with Crippen LogP contribution in [0.15, 0.2) is 55.3 Å². The normalized spacial score (nSPS) is 19.5. The summed E-state index contributed by atoms with van der Waals surface area (Å²) in [4.78, 5) is 38.8. The zero-order chi connectivity index (χ0) is 25.1. The molecule has 0 bridgehead atoms. The fraction of sp³-hybridized carbons (Fsp3) is 0.346. The van der Waals surface area contributed by atoms with Gasteiger partial charge >= 0.3 is 6.03 Å². The van der Waals surface area contributed by atoms with Crippen LogP contribution in [0.25, 0.3) is 0 Å². The number of anilines is 3. The van der Waals surface area contributed by atoms with Crippen molar-refractivity contribution in [2.24, 2.45) is 0 Å². The van der Waals surface area contributed by atoms with Crippen LogP contribution in [0.1, 0.15) is 45.4 Å². The minimum Gasteiger partial charge on any atom is -0.350 e. The Morgan fingerprint density at radius 2 is 2.14 bits per heavy atom. The molecule has 10 heteroatoms. The van der Waals surface area contributed by atoms with Gasteiger partial charge in [0.1, 0.15) is 10.8 Å². The Kier molecular flexibility index (Phi) is 6.95. The maximum absolute atomic E-state index is 13.9. The van der Waals surface area contributed by atoms with Crippen molar-refractivity contribution in [3.8, 4) is 0 Å². The molecule has 1 aliphatic heterocycles. The van der Waals surface area contributed by atoms with Gasteiger partial charge in [-0.2, -0.15) is 9.36 Å². The molecule has 1 aromatic carbocycles. The molecule has 0 radical (unpaired) electrons. The Morgan fingerprint density at radius 1 is 1.31 bits per heavy atom. The molecule has 1 aliphatic carbocycles. The summed E-state index contributed by atoms with van der Waals surface area (Å²) >= 11 is 1.34. The van der Waals surface area contributed by atoms with Gasteiger partial charge in [-0.3, -0.25) is 9.69 Å². The Bertz CT molecular complexity index is 1270. The second kappa shape index (κ2) is 10.4. The Hall–Kier alpha value is -3.79. The lowest BCUT2D eigenvalue weighted by molar-refractivity contribution is -0.117. The average molecular weight is 508 g/mol. The number of hydrogen-bond donors (Lipinski definition) is 2. The Labute approximate surface area is 217 Å². The van der Waals surface area contributed by atoms with Crippen molar-refractivity contribution in [2.45, 2.75) is 57.8 Å². The van der Waals surface area contributed by atoms with Gasteiger partial charge in [0, 0.05) is 33.2 Å². The summed E-state index contributed by atoms with van der Waals surface area (Å²) in [5.41, 5.74) is 2.88. The van der Waals surface area contributed by atoms with E-state index in [2.05, 4.69) is 26.6 Å². The predicted molar refractivity (Wildman–Crippen MR) is 144 cm³/mol. The number of nitrogens with zero attached hydrogens (tertiary/aromatic N) is 5. The first-order chi connectivity index (χ1) is 17.5. The molecule has 0 spiro atoms. The molecule has 2 aliphatic rings. The average Bonchev–Trinajstić information content (AvgIpc) is 3.29. The molecule has 3 aromatic rings. The van der Waals surface area contributed by atoms with Crippen molar-refractivity contribution in [2.75, 3.05) is 10.2 Å². The molecule has 2 atom stereocenters. The zero-order valence-corrected chi connectivity index (χ0v) is 21.0. The highest BCUT2D eigenvalue weighted by atomic mass is 32.1. The summed E-state index contributed by atoms with van der Waals surface area (Å²) in [6.07, 6.45) is 6.37. The van der Waals surface area contributed by atoms with Gasteiger partial charge in [0.2, 0.25) is 11.9 Å². The third kappa shape index (κ3) is 5.23. The van der Waals surface area contributed by atoms with Crippen LogP contribution < -0.4 is 15.5 Å². The summed E-state index contributed by atoms with van der Waals surface area (Å²) < 4.78 is 4.30. The lowest BCUT2D eigenvalue weighted by atomic mass is 9.89. The Morgan fingerprint density at radius 3 is 2.89 bits per heavy atom. The molecule has 1 fully saturated rings. The number of rotatable bonds is 7. The van der Waals surface area contributed by atoms with Crippen molar-refractivity contribution in [1.29, 1.82) is 0 Å². The second-order valence-electron chi connectivity index (χ2n) is 9.22. The largest absolute Gasteiger partial charge is 0.350 e. The van der Waals surface area contributed by atoms with Gasteiger partial charge in [-0.1, -0.05) is 36.9 Å². The molecular weight excluding hydrogens is 474 g/mol. The quantitative estimate of drug-likeness (QED) is 0.435. The first-order valence-electron chi connectivity index (χ1n) is 12.1. The van der Waals surface area contributed by atoms with E-state index in [1.807, 2.05) is 53.1 Å². The maximum Gasteiger partial charge on any atom is 0.326 e. The molecule has 1 saturated carbocycles. The van der Waals surface area contributed by atoms with E-state index in [1.165, 1.54) is 17.6 Å². The minimum atomic E-state index is -0.189. The summed E-state index contributed by atoms with van der Waals surface area (Å²) in [5.74, 6) is 0.869. The van der Waals surface area contributed by atoms with Crippen molar-refractivity contribution in [3.05, 3.63) is 72.1 Å². The molecule has 2 N–H and O–H groups in total. The lowest BCUT2D eigenvalue weighted by Crippen LogP contribution is -2.54. The third-order valence-electron chi connectivity index (χ3n) is 6.53. The number of hydrogen-bond acceptors (Lipinski definition) is 7. The molecule has 9 nitrogen and oxygen atoms in total. The first kappa shape index (κ1) is 23.9. The fourth-order valence-corrected chi connectivity index (χ4v) is 5.53. The topological polar surface area (TPSA) is 103 Å². The number of aromatic nitrogens is 3. The molecule has 0 saturated heterocycles. The number of carbonyl (C=O) groups excluding carboxylic acids is 2.